The molecule has 0 aromatic rings. The zero-order valence-corrected chi connectivity index (χ0v) is 22.2. The summed E-state index contributed by atoms with van der Waals surface area (Å²) >= 11 is 0. The Morgan fingerprint density at radius 3 is 2.03 bits per heavy atom. The van der Waals surface area contributed by atoms with E-state index >= 15 is 0 Å². The summed E-state index contributed by atoms with van der Waals surface area (Å²) in [6.07, 6.45) is -1.95. The van der Waals surface area contributed by atoms with Crippen molar-refractivity contribution in [3.05, 3.63) is 0 Å². The Kier molecular flexibility index (Phi) is 7.67. The van der Waals surface area contributed by atoms with Crippen molar-refractivity contribution in [3.63, 3.8) is 0 Å². The molecule has 0 aromatic carbocycles. The first-order valence-electron chi connectivity index (χ1n) is 12.6. The Balaban J connectivity index is 2.23. The van der Waals surface area contributed by atoms with E-state index in [1.807, 2.05) is 20.8 Å². The van der Waals surface area contributed by atoms with Crippen molar-refractivity contribution in [3.8, 4) is 0 Å². The summed E-state index contributed by atoms with van der Waals surface area (Å²) in [4.78, 5) is 36.6. The van der Waals surface area contributed by atoms with E-state index in [0.29, 0.717) is 0 Å². The Labute approximate surface area is 207 Å². The van der Waals surface area contributed by atoms with Crippen molar-refractivity contribution in [2.75, 3.05) is 0 Å². The van der Waals surface area contributed by atoms with Gasteiger partial charge in [0.25, 0.3) is 0 Å². The largest absolute Gasteiger partial charge is 0.462 e. The highest BCUT2D eigenvalue weighted by Gasteiger charge is 2.67. The molecule has 0 radical (unpaired) electrons. The fraction of sp³-hybridized carbons (Fsp3) is 0.885. The molecule has 2 aliphatic heterocycles. The van der Waals surface area contributed by atoms with E-state index in [1.54, 1.807) is 13.8 Å². The number of rotatable bonds is 4. The van der Waals surface area contributed by atoms with Crippen LogP contribution in [0.5, 0.6) is 0 Å². The average molecular weight is 499 g/mol. The Bertz CT molecular complexity index is 839. The topological polar surface area (TPSA) is 129 Å². The number of carbonyl (C=O) groups is 3. The molecule has 3 rings (SSSR count). The van der Waals surface area contributed by atoms with Crippen molar-refractivity contribution in [2.24, 2.45) is 23.7 Å². The first-order valence-corrected chi connectivity index (χ1v) is 12.6. The second-order valence-corrected chi connectivity index (χ2v) is 11.8. The minimum atomic E-state index is -1.47. The summed E-state index contributed by atoms with van der Waals surface area (Å²) in [6.45, 7) is 13.3. The van der Waals surface area contributed by atoms with Crippen LogP contribution in [-0.2, 0) is 33.3 Å². The molecule has 0 amide bonds. The minimum absolute atomic E-state index is 0.0641. The van der Waals surface area contributed by atoms with E-state index < -0.39 is 59.1 Å². The van der Waals surface area contributed by atoms with Crippen molar-refractivity contribution in [1.29, 1.82) is 0 Å². The number of esters is 3. The van der Waals surface area contributed by atoms with E-state index in [2.05, 4.69) is 0 Å². The number of aliphatic hydroxyl groups is 2. The average Bonchev–Trinajstić information content (AvgIpc) is 3.04. The van der Waals surface area contributed by atoms with Crippen LogP contribution in [0.4, 0.5) is 0 Å². The molecule has 2 bridgehead atoms. The lowest BCUT2D eigenvalue weighted by Crippen LogP contribution is -2.61. The first-order chi connectivity index (χ1) is 16.0. The maximum atomic E-state index is 12.3. The number of carbonyl (C=O) groups excluding carboxylic acids is 3. The van der Waals surface area contributed by atoms with E-state index in [9.17, 15) is 24.6 Å². The summed E-state index contributed by atoms with van der Waals surface area (Å²) in [5, 5.41) is 22.0. The van der Waals surface area contributed by atoms with Gasteiger partial charge >= 0.3 is 17.9 Å². The van der Waals surface area contributed by atoms with E-state index in [-0.39, 0.29) is 49.4 Å². The molecule has 35 heavy (non-hydrogen) atoms. The molecule has 0 spiro atoms. The van der Waals surface area contributed by atoms with Crippen LogP contribution in [0.15, 0.2) is 0 Å². The molecule has 3 aliphatic rings. The Hall–Kier alpha value is -1.71. The molecule has 200 valence electrons. The summed E-state index contributed by atoms with van der Waals surface area (Å²) in [7, 11) is 0. The van der Waals surface area contributed by atoms with Crippen molar-refractivity contribution in [1.82, 2.24) is 0 Å². The maximum Gasteiger partial charge on any atom is 0.303 e. The molecular weight excluding hydrogens is 456 g/mol. The lowest BCUT2D eigenvalue weighted by atomic mass is 9.56. The first kappa shape index (κ1) is 27.9. The van der Waals surface area contributed by atoms with Crippen LogP contribution in [0.3, 0.4) is 0 Å². The summed E-state index contributed by atoms with van der Waals surface area (Å²) in [5.74, 6) is -2.18. The fourth-order valence-electron chi connectivity index (χ4n) is 7.19. The summed E-state index contributed by atoms with van der Waals surface area (Å²) in [5.41, 5.74) is -3.66. The van der Waals surface area contributed by atoms with Gasteiger partial charge in [-0.1, -0.05) is 13.8 Å². The van der Waals surface area contributed by atoms with Crippen LogP contribution in [-0.4, -0.2) is 69.3 Å². The fourth-order valence-corrected chi connectivity index (χ4v) is 7.19. The Morgan fingerprint density at radius 1 is 0.943 bits per heavy atom. The summed E-state index contributed by atoms with van der Waals surface area (Å²) < 4.78 is 24.3. The molecule has 3 fully saturated rings. The molecule has 9 heteroatoms. The van der Waals surface area contributed by atoms with Crippen molar-refractivity contribution in [2.45, 2.75) is 122 Å². The van der Waals surface area contributed by atoms with Crippen LogP contribution in [0, 0.1) is 23.7 Å². The van der Waals surface area contributed by atoms with Gasteiger partial charge in [0.05, 0.1) is 17.8 Å². The molecule has 2 N–H and O–H groups in total. The normalized spacial score (nSPS) is 45.5. The second-order valence-electron chi connectivity index (χ2n) is 11.8. The second kappa shape index (κ2) is 9.63. The number of ether oxygens (including phenoxy) is 4. The Morgan fingerprint density at radius 2 is 1.51 bits per heavy atom. The van der Waals surface area contributed by atoms with Gasteiger partial charge in [0, 0.05) is 51.4 Å². The molecule has 9 nitrogen and oxygen atoms in total. The third-order valence-electron chi connectivity index (χ3n) is 8.36. The van der Waals surface area contributed by atoms with E-state index in [0.717, 1.165) is 0 Å². The van der Waals surface area contributed by atoms with Gasteiger partial charge in [-0.2, -0.15) is 0 Å². The quantitative estimate of drug-likeness (QED) is 0.444. The summed E-state index contributed by atoms with van der Waals surface area (Å²) in [6, 6.07) is 0. The lowest BCUT2D eigenvalue weighted by molar-refractivity contribution is -0.202. The smallest absolute Gasteiger partial charge is 0.303 e. The third-order valence-corrected chi connectivity index (χ3v) is 8.36. The molecule has 1 aliphatic carbocycles. The zero-order valence-electron chi connectivity index (χ0n) is 22.2. The van der Waals surface area contributed by atoms with Crippen LogP contribution in [0.25, 0.3) is 0 Å². The number of hydrogen-bond acceptors (Lipinski definition) is 9. The number of fused-ring (bicyclic) bond motifs is 5. The van der Waals surface area contributed by atoms with Gasteiger partial charge in [-0.25, -0.2) is 0 Å². The molecule has 10 atom stereocenters. The van der Waals surface area contributed by atoms with Crippen LogP contribution in [0.1, 0.15) is 81.1 Å². The van der Waals surface area contributed by atoms with E-state index in [1.165, 1.54) is 20.8 Å². The van der Waals surface area contributed by atoms with Crippen molar-refractivity contribution >= 4 is 17.9 Å². The van der Waals surface area contributed by atoms with Crippen LogP contribution >= 0.6 is 0 Å². The maximum absolute atomic E-state index is 12.3. The third kappa shape index (κ3) is 5.37. The molecule has 1 saturated carbocycles. The SMILES string of the molecule is CC(=O)O[C@@H]1CC(C)(OC(C)=O)[C@@H]2C3CC(C)(O)[C@@H](O)CCC(C)(OC(C)=O)C(O3)[C@@H]2[C@H]1C(C)C. The predicted octanol–water partition coefficient (Wildman–Crippen LogP) is 2.53. The highest BCUT2D eigenvalue weighted by atomic mass is 16.6. The minimum Gasteiger partial charge on any atom is -0.462 e. The van der Waals surface area contributed by atoms with Gasteiger partial charge < -0.3 is 29.2 Å². The lowest BCUT2D eigenvalue weighted by Gasteiger charge is -2.53. The molecule has 5 unspecified atom stereocenters. The van der Waals surface area contributed by atoms with Gasteiger partial charge in [-0.05, 0) is 39.5 Å². The molecule has 0 aromatic heterocycles. The van der Waals surface area contributed by atoms with Gasteiger partial charge in [-0.15, -0.1) is 0 Å². The highest BCUT2D eigenvalue weighted by Crippen LogP contribution is 2.59. The predicted molar refractivity (Wildman–Crippen MR) is 125 cm³/mol. The molecular formula is C26H42O9. The molecule has 2 heterocycles. The standard InChI is InChI=1S/C26H42O9/c1-13(2)20-17(32-14(3)27)12-26(8,35-16(5)29)22-18-11-24(6,31)19(30)9-10-25(7,34-15(4)28)23(33-18)21(20)22/h13,17-23,30-31H,9-12H2,1-8H3/t17-,18?,19+,20+,21-,22-,23?,24?,25?,26?/m1/s1. The van der Waals surface area contributed by atoms with Gasteiger partial charge in [0.15, 0.2) is 0 Å². The molecule has 2 saturated heterocycles. The van der Waals surface area contributed by atoms with E-state index in [4.69, 9.17) is 18.9 Å². The van der Waals surface area contributed by atoms with Gasteiger partial charge in [-0.3, -0.25) is 14.4 Å². The van der Waals surface area contributed by atoms with Gasteiger partial charge in [0.2, 0.25) is 0 Å². The number of aliphatic hydroxyl groups excluding tert-OH is 1. The van der Waals surface area contributed by atoms with Crippen LogP contribution < -0.4 is 0 Å². The highest BCUT2D eigenvalue weighted by molar-refractivity contribution is 5.67. The number of hydrogen-bond donors (Lipinski definition) is 2. The van der Waals surface area contributed by atoms with Gasteiger partial charge in [0.1, 0.15) is 23.4 Å². The van der Waals surface area contributed by atoms with Crippen LogP contribution in [0.2, 0.25) is 0 Å². The van der Waals surface area contributed by atoms with Crippen molar-refractivity contribution < 1.29 is 43.5 Å². The monoisotopic (exact) mass is 498 g/mol. The zero-order chi connectivity index (χ0) is 26.5.